The van der Waals surface area contributed by atoms with Crippen LogP contribution in [0.4, 0.5) is 22.0 Å². The third-order valence-electron chi connectivity index (χ3n) is 4.21. The molecule has 0 aliphatic rings. The number of hydrogen-bond donors (Lipinski definition) is 2. The van der Waals surface area contributed by atoms with E-state index in [0.29, 0.717) is 5.69 Å². The minimum Gasteiger partial charge on any atom is -0.454 e. The molecule has 3 N–H and O–H groups in total. The molecule has 4 aromatic rings. The molecular formula is C22H17FN6O2. The van der Waals surface area contributed by atoms with Gasteiger partial charge in [0.05, 0.1) is 5.52 Å². The van der Waals surface area contributed by atoms with Gasteiger partial charge in [0.2, 0.25) is 11.9 Å². The molecule has 0 aliphatic carbocycles. The van der Waals surface area contributed by atoms with Gasteiger partial charge >= 0.3 is 5.97 Å². The maximum atomic E-state index is 13.0. The molecule has 0 radical (unpaired) electrons. The Kier molecular flexibility index (Phi) is 5.75. The van der Waals surface area contributed by atoms with Gasteiger partial charge in [-0.3, -0.25) is 4.98 Å². The predicted octanol–water partition coefficient (Wildman–Crippen LogP) is 3.64. The number of pyridine rings is 1. The molecular weight excluding hydrogens is 399 g/mol. The first-order valence-corrected chi connectivity index (χ1v) is 9.28. The molecule has 31 heavy (non-hydrogen) atoms. The second-order valence-electron chi connectivity index (χ2n) is 6.43. The molecule has 0 amide bonds. The van der Waals surface area contributed by atoms with Crippen molar-refractivity contribution in [2.75, 3.05) is 11.1 Å². The molecule has 0 aliphatic heterocycles. The average Bonchev–Trinajstić information content (AvgIpc) is 2.77. The van der Waals surface area contributed by atoms with E-state index in [9.17, 15) is 9.18 Å². The predicted molar refractivity (Wildman–Crippen MR) is 114 cm³/mol. The zero-order chi connectivity index (χ0) is 21.6. The van der Waals surface area contributed by atoms with Crippen LogP contribution in [0, 0.1) is 5.82 Å². The third-order valence-corrected chi connectivity index (χ3v) is 4.21. The van der Waals surface area contributed by atoms with Crippen LogP contribution in [0.2, 0.25) is 0 Å². The number of carbonyl (C=O) groups is 1. The van der Waals surface area contributed by atoms with Gasteiger partial charge < -0.3 is 15.8 Å². The lowest BCUT2D eigenvalue weighted by Crippen LogP contribution is -2.10. The Labute approximate surface area is 176 Å². The number of para-hydroxylation sites is 1. The second-order valence-corrected chi connectivity index (χ2v) is 6.43. The number of nitrogens with one attached hydrogen (secondary N) is 1. The summed E-state index contributed by atoms with van der Waals surface area (Å²) in [5.74, 6) is -0.642. The number of fused-ring (bicyclic) bond motifs is 1. The van der Waals surface area contributed by atoms with Gasteiger partial charge in [0.25, 0.3) is 0 Å². The number of halogens is 1. The average molecular weight is 416 g/mol. The largest absolute Gasteiger partial charge is 0.454 e. The molecule has 2 aromatic carbocycles. The molecule has 8 nitrogen and oxygen atoms in total. The van der Waals surface area contributed by atoms with Crippen LogP contribution in [-0.4, -0.2) is 25.9 Å². The van der Waals surface area contributed by atoms with Crippen molar-refractivity contribution < 1.29 is 13.9 Å². The summed E-state index contributed by atoms with van der Waals surface area (Å²) < 4.78 is 18.2. The summed E-state index contributed by atoms with van der Waals surface area (Å²) in [7, 11) is 0. The lowest BCUT2D eigenvalue weighted by Gasteiger charge is -2.07. The molecule has 0 fully saturated rings. The number of nitrogens with zero attached hydrogens (tertiary/aromatic N) is 4. The van der Waals surface area contributed by atoms with Crippen LogP contribution >= 0.6 is 0 Å². The van der Waals surface area contributed by atoms with Gasteiger partial charge in [0.1, 0.15) is 5.82 Å². The first-order chi connectivity index (χ1) is 15.1. The highest BCUT2D eigenvalue weighted by molar-refractivity contribution is 5.92. The molecule has 0 saturated heterocycles. The van der Waals surface area contributed by atoms with E-state index in [2.05, 4.69) is 25.3 Å². The molecule has 2 aromatic heterocycles. The zero-order valence-corrected chi connectivity index (χ0v) is 16.2. The fraction of sp³-hybridized carbons (Fsp3) is 0.0455. The number of nitrogen functional groups attached to an aromatic ring is 1. The van der Waals surface area contributed by atoms with Crippen molar-refractivity contribution in [2.24, 2.45) is 0 Å². The molecule has 0 unspecified atom stereocenters. The van der Waals surface area contributed by atoms with Crippen LogP contribution in [0.3, 0.4) is 0 Å². The van der Waals surface area contributed by atoms with E-state index in [0.717, 1.165) is 16.5 Å². The van der Waals surface area contributed by atoms with Crippen molar-refractivity contribution >= 4 is 40.5 Å². The van der Waals surface area contributed by atoms with E-state index in [4.69, 9.17) is 10.5 Å². The Morgan fingerprint density at radius 2 is 1.87 bits per heavy atom. The second kappa shape index (κ2) is 8.95. The number of hydrogen-bond acceptors (Lipinski definition) is 8. The summed E-state index contributed by atoms with van der Waals surface area (Å²) in [5, 5.41) is 3.87. The highest BCUT2D eigenvalue weighted by Crippen LogP contribution is 2.17. The lowest BCUT2D eigenvalue weighted by atomic mass is 10.1. The van der Waals surface area contributed by atoms with Crippen molar-refractivity contribution in [2.45, 2.75) is 6.61 Å². The summed E-state index contributed by atoms with van der Waals surface area (Å²) in [5.41, 5.74) is 7.86. The fourth-order valence-corrected chi connectivity index (χ4v) is 2.82. The zero-order valence-electron chi connectivity index (χ0n) is 16.2. The smallest absolute Gasteiger partial charge is 0.331 e. The molecule has 2 heterocycles. The van der Waals surface area contributed by atoms with Crippen LogP contribution in [-0.2, 0) is 16.1 Å². The van der Waals surface area contributed by atoms with Crippen LogP contribution < -0.4 is 11.1 Å². The van der Waals surface area contributed by atoms with Crippen molar-refractivity contribution in [3.63, 3.8) is 0 Å². The quantitative estimate of drug-likeness (QED) is 0.361. The summed E-state index contributed by atoms with van der Waals surface area (Å²) >= 11 is 0. The Hall–Kier alpha value is -4.40. The Bertz CT molecular complexity index is 1260. The molecule has 4 rings (SSSR count). The molecule has 0 atom stereocenters. The summed E-state index contributed by atoms with van der Waals surface area (Å²) in [4.78, 5) is 28.6. The summed E-state index contributed by atoms with van der Waals surface area (Å²) in [6.07, 6.45) is 4.65. The van der Waals surface area contributed by atoms with E-state index in [1.54, 1.807) is 12.3 Å². The van der Waals surface area contributed by atoms with Crippen LogP contribution in [0.25, 0.3) is 17.0 Å². The van der Waals surface area contributed by atoms with Gasteiger partial charge in [-0.15, -0.1) is 0 Å². The first kappa shape index (κ1) is 19.9. The number of aromatic nitrogens is 4. The number of rotatable bonds is 6. The Morgan fingerprint density at radius 3 is 2.71 bits per heavy atom. The van der Waals surface area contributed by atoms with Gasteiger partial charge in [-0.05, 0) is 36.4 Å². The number of nitrogens with two attached hydrogens (primary N) is 1. The summed E-state index contributed by atoms with van der Waals surface area (Å²) in [6.45, 7) is -0.193. The minimum absolute atomic E-state index is 0.0389. The van der Waals surface area contributed by atoms with Gasteiger partial charge in [-0.25, -0.2) is 9.18 Å². The maximum absolute atomic E-state index is 13.0. The van der Waals surface area contributed by atoms with E-state index in [1.165, 1.54) is 30.3 Å². The number of ether oxygens (including phenoxy) is 1. The Morgan fingerprint density at radius 1 is 1.06 bits per heavy atom. The SMILES string of the molecule is Nc1nc(COC(=O)/C=C/c2cccc3cccnc23)nc(Nc2ccc(F)cc2)n1. The van der Waals surface area contributed by atoms with E-state index in [-0.39, 0.29) is 30.1 Å². The minimum atomic E-state index is -0.569. The standard InChI is InChI=1S/C22H17FN6O2/c23-16-7-9-17(10-8-16)26-22-28-18(27-21(24)29-22)13-31-19(30)11-6-15-4-1-3-14-5-2-12-25-20(14)15/h1-12H,13H2,(H3,24,26,27,28,29)/b11-6+. The highest BCUT2D eigenvalue weighted by atomic mass is 19.1. The van der Waals surface area contributed by atoms with Gasteiger partial charge in [0.15, 0.2) is 12.4 Å². The number of carbonyl (C=O) groups excluding carboxylic acids is 1. The normalized spacial score (nSPS) is 11.0. The molecule has 9 heteroatoms. The van der Waals surface area contributed by atoms with Crippen molar-refractivity contribution in [3.05, 3.63) is 84.1 Å². The Balaban J connectivity index is 1.41. The van der Waals surface area contributed by atoms with Gasteiger partial charge in [0, 0.05) is 28.9 Å². The summed E-state index contributed by atoms with van der Waals surface area (Å²) in [6, 6.07) is 15.1. The van der Waals surface area contributed by atoms with E-state index >= 15 is 0 Å². The fourth-order valence-electron chi connectivity index (χ4n) is 2.82. The van der Waals surface area contributed by atoms with Crippen LogP contribution in [0.1, 0.15) is 11.4 Å². The monoisotopic (exact) mass is 416 g/mol. The van der Waals surface area contributed by atoms with Crippen LogP contribution in [0.5, 0.6) is 0 Å². The maximum Gasteiger partial charge on any atom is 0.331 e. The third kappa shape index (κ3) is 5.15. The van der Waals surface area contributed by atoms with Crippen molar-refractivity contribution in [1.29, 1.82) is 0 Å². The number of benzene rings is 2. The van der Waals surface area contributed by atoms with Gasteiger partial charge in [-0.2, -0.15) is 15.0 Å². The highest BCUT2D eigenvalue weighted by Gasteiger charge is 2.08. The first-order valence-electron chi connectivity index (χ1n) is 9.28. The van der Waals surface area contributed by atoms with Crippen LogP contribution in [0.15, 0.2) is 66.9 Å². The van der Waals surface area contributed by atoms with E-state index < -0.39 is 5.97 Å². The van der Waals surface area contributed by atoms with Crippen molar-refractivity contribution in [3.8, 4) is 0 Å². The topological polar surface area (TPSA) is 116 Å². The molecule has 0 bridgehead atoms. The number of anilines is 3. The number of esters is 1. The van der Waals surface area contributed by atoms with E-state index in [1.807, 2.05) is 30.3 Å². The van der Waals surface area contributed by atoms with Gasteiger partial charge in [-0.1, -0.05) is 24.3 Å². The molecule has 154 valence electrons. The van der Waals surface area contributed by atoms with Crippen molar-refractivity contribution in [1.82, 2.24) is 19.9 Å². The lowest BCUT2D eigenvalue weighted by molar-refractivity contribution is -0.139. The molecule has 0 saturated carbocycles. The molecule has 0 spiro atoms.